The largest absolute Gasteiger partial charge is 0.457 e. The summed E-state index contributed by atoms with van der Waals surface area (Å²) in [4.78, 5) is 16.6. The first-order valence-corrected chi connectivity index (χ1v) is 8.13. The molecule has 6 heteroatoms. The molecule has 3 aromatic rings. The lowest BCUT2D eigenvalue weighted by atomic mass is 10.1. The Morgan fingerprint density at radius 2 is 2.17 bits per heavy atom. The summed E-state index contributed by atoms with van der Waals surface area (Å²) in [5, 5.41) is 0. The second-order valence-corrected chi connectivity index (χ2v) is 5.92. The highest BCUT2D eigenvalue weighted by atomic mass is 32.1. The number of ether oxygens (including phenoxy) is 1. The van der Waals surface area contributed by atoms with Gasteiger partial charge in [0.25, 0.3) is 0 Å². The minimum atomic E-state index is -0.486. The van der Waals surface area contributed by atoms with Gasteiger partial charge in [0.2, 0.25) is 0 Å². The molecule has 1 aromatic carbocycles. The number of carbonyl (C=O) groups excluding carboxylic acids is 1. The van der Waals surface area contributed by atoms with E-state index in [1.807, 2.05) is 0 Å². The standard InChI is InChI=1S/C18H14FNO3S/c1-12(17-10-20-11-24-17)22-18(21)9-7-13-6-8-16(23-13)14-4-2-3-5-15(14)19/h2-12H,1H3/b9-7+/t12-/m1/s1. The summed E-state index contributed by atoms with van der Waals surface area (Å²) < 4.78 is 24.5. The Labute approximate surface area is 142 Å². The third-order valence-electron chi connectivity index (χ3n) is 3.29. The first-order chi connectivity index (χ1) is 11.6. The zero-order valence-electron chi connectivity index (χ0n) is 12.8. The second-order valence-electron chi connectivity index (χ2n) is 5.00. The fraction of sp³-hybridized carbons (Fsp3) is 0.111. The molecular formula is C18H14FNO3S. The number of carbonyl (C=O) groups is 1. The van der Waals surface area contributed by atoms with Gasteiger partial charge in [0.1, 0.15) is 23.4 Å². The van der Waals surface area contributed by atoms with Crippen molar-refractivity contribution in [1.82, 2.24) is 4.98 Å². The molecule has 0 fully saturated rings. The third-order valence-corrected chi connectivity index (χ3v) is 4.23. The fourth-order valence-electron chi connectivity index (χ4n) is 2.10. The maximum atomic E-state index is 13.7. The highest BCUT2D eigenvalue weighted by molar-refractivity contribution is 7.09. The number of rotatable bonds is 5. The predicted molar refractivity (Wildman–Crippen MR) is 89.8 cm³/mol. The molecule has 24 heavy (non-hydrogen) atoms. The molecule has 122 valence electrons. The molecule has 0 aliphatic carbocycles. The molecule has 0 N–H and O–H groups in total. The van der Waals surface area contributed by atoms with Crippen molar-refractivity contribution in [1.29, 1.82) is 0 Å². The van der Waals surface area contributed by atoms with Crippen LogP contribution in [0.15, 0.2) is 58.6 Å². The van der Waals surface area contributed by atoms with Gasteiger partial charge in [-0.3, -0.25) is 4.98 Å². The average Bonchev–Trinajstić information content (AvgIpc) is 3.25. The molecule has 0 radical (unpaired) electrons. The minimum Gasteiger partial charge on any atom is -0.457 e. The van der Waals surface area contributed by atoms with Crippen LogP contribution in [0, 0.1) is 5.82 Å². The lowest BCUT2D eigenvalue weighted by Gasteiger charge is -2.08. The molecular weight excluding hydrogens is 329 g/mol. The SMILES string of the molecule is C[C@@H](OC(=O)/C=C/c1ccc(-c2ccccc2F)o1)c1cncs1. The van der Waals surface area contributed by atoms with Gasteiger partial charge in [-0.15, -0.1) is 11.3 Å². The second kappa shape index (κ2) is 7.23. The van der Waals surface area contributed by atoms with Gasteiger partial charge in [-0.1, -0.05) is 12.1 Å². The van der Waals surface area contributed by atoms with E-state index in [0.717, 1.165) is 4.88 Å². The highest BCUT2D eigenvalue weighted by Crippen LogP contribution is 2.25. The molecule has 0 saturated heterocycles. The van der Waals surface area contributed by atoms with Gasteiger partial charge in [0, 0.05) is 12.3 Å². The smallest absolute Gasteiger partial charge is 0.331 e. The van der Waals surface area contributed by atoms with Crippen LogP contribution < -0.4 is 0 Å². The van der Waals surface area contributed by atoms with Crippen molar-refractivity contribution in [2.75, 3.05) is 0 Å². The number of hydrogen-bond acceptors (Lipinski definition) is 5. The molecule has 3 rings (SSSR count). The van der Waals surface area contributed by atoms with Crippen LogP contribution in [0.4, 0.5) is 4.39 Å². The monoisotopic (exact) mass is 343 g/mol. The van der Waals surface area contributed by atoms with Crippen LogP contribution in [0.1, 0.15) is 23.7 Å². The van der Waals surface area contributed by atoms with E-state index in [4.69, 9.17) is 9.15 Å². The van der Waals surface area contributed by atoms with Gasteiger partial charge >= 0.3 is 5.97 Å². The molecule has 0 spiro atoms. The average molecular weight is 343 g/mol. The first-order valence-electron chi connectivity index (χ1n) is 7.25. The number of benzene rings is 1. The van der Waals surface area contributed by atoms with E-state index in [1.54, 1.807) is 49.0 Å². The number of hydrogen-bond donors (Lipinski definition) is 0. The summed E-state index contributed by atoms with van der Waals surface area (Å²) >= 11 is 1.42. The summed E-state index contributed by atoms with van der Waals surface area (Å²) in [6.07, 6.45) is 4.08. The van der Waals surface area contributed by atoms with Crippen molar-refractivity contribution < 1.29 is 18.3 Å². The van der Waals surface area contributed by atoms with Crippen LogP contribution in [0.3, 0.4) is 0 Å². The molecule has 1 atom stereocenters. The third kappa shape index (κ3) is 3.78. The van der Waals surface area contributed by atoms with Crippen molar-refractivity contribution in [3.63, 3.8) is 0 Å². The zero-order valence-corrected chi connectivity index (χ0v) is 13.6. The van der Waals surface area contributed by atoms with Gasteiger partial charge in [-0.25, -0.2) is 9.18 Å². The van der Waals surface area contributed by atoms with Gasteiger partial charge in [0.15, 0.2) is 0 Å². The Kier molecular flexibility index (Phi) is 4.86. The van der Waals surface area contributed by atoms with Crippen LogP contribution in [0.2, 0.25) is 0 Å². The summed E-state index contributed by atoms with van der Waals surface area (Å²) in [5.41, 5.74) is 2.06. The lowest BCUT2D eigenvalue weighted by molar-refractivity contribution is -0.142. The molecule has 4 nitrogen and oxygen atoms in total. The Balaban J connectivity index is 1.65. The van der Waals surface area contributed by atoms with Crippen LogP contribution in [0.25, 0.3) is 17.4 Å². The topological polar surface area (TPSA) is 52.3 Å². The van der Waals surface area contributed by atoms with Gasteiger partial charge < -0.3 is 9.15 Å². The molecule has 2 heterocycles. The van der Waals surface area contributed by atoms with Gasteiger partial charge in [0.05, 0.1) is 16.0 Å². The molecule has 0 unspecified atom stereocenters. The Morgan fingerprint density at radius 1 is 1.33 bits per heavy atom. The number of halogens is 1. The normalized spacial score (nSPS) is 12.4. The Bertz CT molecular complexity index is 855. The minimum absolute atomic E-state index is 0.361. The van der Waals surface area contributed by atoms with E-state index in [2.05, 4.69) is 4.98 Å². The highest BCUT2D eigenvalue weighted by Gasteiger charge is 2.11. The molecule has 2 aromatic heterocycles. The van der Waals surface area contributed by atoms with E-state index in [9.17, 15) is 9.18 Å². The van der Waals surface area contributed by atoms with Crippen molar-refractivity contribution in [2.24, 2.45) is 0 Å². The molecule has 0 aliphatic heterocycles. The van der Waals surface area contributed by atoms with Gasteiger partial charge in [-0.05, 0) is 37.3 Å². The summed E-state index contributed by atoms with van der Waals surface area (Å²) in [5.74, 6) is -0.00490. The molecule has 0 amide bonds. The van der Waals surface area contributed by atoms with Crippen molar-refractivity contribution in [3.05, 3.63) is 70.6 Å². The lowest BCUT2D eigenvalue weighted by Crippen LogP contribution is -2.04. The van der Waals surface area contributed by atoms with E-state index < -0.39 is 5.97 Å². The van der Waals surface area contributed by atoms with Crippen LogP contribution in [-0.4, -0.2) is 11.0 Å². The predicted octanol–water partition coefficient (Wildman–Crippen LogP) is 4.86. The molecule has 0 bridgehead atoms. The zero-order chi connectivity index (χ0) is 16.9. The van der Waals surface area contributed by atoms with Crippen LogP contribution >= 0.6 is 11.3 Å². The van der Waals surface area contributed by atoms with Crippen LogP contribution in [0.5, 0.6) is 0 Å². The maximum Gasteiger partial charge on any atom is 0.331 e. The Hall–Kier alpha value is -2.73. The van der Waals surface area contributed by atoms with Crippen molar-refractivity contribution >= 4 is 23.4 Å². The van der Waals surface area contributed by atoms with Crippen molar-refractivity contribution in [3.8, 4) is 11.3 Å². The van der Waals surface area contributed by atoms with Crippen LogP contribution in [-0.2, 0) is 9.53 Å². The van der Waals surface area contributed by atoms with Crippen molar-refractivity contribution in [2.45, 2.75) is 13.0 Å². The summed E-state index contributed by atoms with van der Waals surface area (Å²) in [6, 6.07) is 9.66. The summed E-state index contributed by atoms with van der Waals surface area (Å²) in [6.45, 7) is 1.78. The molecule has 0 aliphatic rings. The van der Waals surface area contributed by atoms with E-state index in [0.29, 0.717) is 17.1 Å². The number of esters is 1. The maximum absolute atomic E-state index is 13.7. The van der Waals surface area contributed by atoms with E-state index in [-0.39, 0.29) is 11.9 Å². The quantitative estimate of drug-likeness (QED) is 0.490. The number of nitrogens with zero attached hydrogens (tertiary/aromatic N) is 1. The van der Waals surface area contributed by atoms with Gasteiger partial charge in [-0.2, -0.15) is 0 Å². The summed E-state index contributed by atoms with van der Waals surface area (Å²) in [7, 11) is 0. The van der Waals surface area contributed by atoms with E-state index in [1.165, 1.54) is 29.6 Å². The first kappa shape index (κ1) is 16.1. The number of thiazole rings is 1. The fourth-order valence-corrected chi connectivity index (χ4v) is 2.70. The number of aromatic nitrogens is 1. The number of furan rings is 1. The van der Waals surface area contributed by atoms with E-state index >= 15 is 0 Å². The molecule has 0 saturated carbocycles. The Morgan fingerprint density at radius 3 is 2.92 bits per heavy atom.